The summed E-state index contributed by atoms with van der Waals surface area (Å²) in [4.78, 5) is 18.5. The van der Waals surface area contributed by atoms with Crippen LogP contribution in [0, 0.1) is 0 Å². The van der Waals surface area contributed by atoms with Crippen LogP contribution in [0.3, 0.4) is 0 Å². The Kier molecular flexibility index (Phi) is 5.27. The maximum absolute atomic E-state index is 12.6. The lowest BCUT2D eigenvalue weighted by molar-refractivity contribution is 0.0524. The molecule has 1 aliphatic heterocycles. The fraction of sp³-hybridized carbons (Fsp3) is 0.412. The van der Waals surface area contributed by atoms with Gasteiger partial charge in [-0.3, -0.25) is 4.79 Å². The van der Waals surface area contributed by atoms with Gasteiger partial charge in [-0.25, -0.2) is 4.98 Å². The molecule has 1 saturated heterocycles. The van der Waals surface area contributed by atoms with E-state index in [9.17, 15) is 4.79 Å². The number of likely N-dealkylation sites (tertiary alicyclic amines) is 1. The lowest BCUT2D eigenvalue weighted by Crippen LogP contribution is -2.44. The minimum Gasteiger partial charge on any atom is -0.481 e. The lowest BCUT2D eigenvalue weighted by atomic mass is 10.1. The number of carbonyl (C=O) groups is 1. The van der Waals surface area contributed by atoms with Gasteiger partial charge in [0.2, 0.25) is 17.6 Å². The summed E-state index contributed by atoms with van der Waals surface area (Å²) in [6.45, 7) is 1.19. The van der Waals surface area contributed by atoms with Gasteiger partial charge in [0, 0.05) is 30.9 Å². The molecule has 25 heavy (non-hydrogen) atoms. The van der Waals surface area contributed by atoms with Crippen LogP contribution in [-0.2, 0) is 0 Å². The molecule has 1 fully saturated rings. The standard InChI is InChI=1S/C17H20N4O4/c1-23-14-6-5-12(10-18-14)17(22)21-9-3-4-13(11-21)25-16-8-7-15(24-2)19-20-16/h5-8,10,13H,3-4,9,11H2,1-2H3. The highest BCUT2D eigenvalue weighted by atomic mass is 16.5. The van der Waals surface area contributed by atoms with Gasteiger partial charge < -0.3 is 19.1 Å². The molecule has 0 radical (unpaired) electrons. The fourth-order valence-electron chi connectivity index (χ4n) is 2.68. The van der Waals surface area contributed by atoms with Crippen LogP contribution in [0.25, 0.3) is 0 Å². The zero-order valence-electron chi connectivity index (χ0n) is 14.2. The Morgan fingerprint density at radius 1 is 1.08 bits per heavy atom. The number of pyridine rings is 1. The van der Waals surface area contributed by atoms with Gasteiger partial charge in [-0.1, -0.05) is 0 Å². The summed E-state index contributed by atoms with van der Waals surface area (Å²) >= 11 is 0. The van der Waals surface area contributed by atoms with Gasteiger partial charge in [0.25, 0.3) is 5.91 Å². The summed E-state index contributed by atoms with van der Waals surface area (Å²) in [5.41, 5.74) is 0.533. The topological polar surface area (TPSA) is 86.7 Å². The van der Waals surface area contributed by atoms with E-state index in [0.717, 1.165) is 12.8 Å². The molecular formula is C17H20N4O4. The quantitative estimate of drug-likeness (QED) is 0.813. The van der Waals surface area contributed by atoms with Gasteiger partial charge in [-0.2, -0.15) is 0 Å². The summed E-state index contributed by atoms with van der Waals surface area (Å²) < 4.78 is 15.8. The largest absolute Gasteiger partial charge is 0.481 e. The zero-order valence-corrected chi connectivity index (χ0v) is 14.2. The monoisotopic (exact) mass is 344 g/mol. The SMILES string of the molecule is COc1ccc(C(=O)N2CCCC(Oc3ccc(OC)nn3)C2)cn1. The number of hydrogen-bond donors (Lipinski definition) is 0. The van der Waals surface area contributed by atoms with Crippen molar-refractivity contribution < 1.29 is 19.0 Å². The second kappa shape index (κ2) is 7.78. The highest BCUT2D eigenvalue weighted by Crippen LogP contribution is 2.19. The number of nitrogens with zero attached hydrogens (tertiary/aromatic N) is 4. The van der Waals surface area contributed by atoms with Crippen LogP contribution in [0.1, 0.15) is 23.2 Å². The smallest absolute Gasteiger partial charge is 0.255 e. The van der Waals surface area contributed by atoms with E-state index in [1.54, 1.807) is 36.3 Å². The highest BCUT2D eigenvalue weighted by Gasteiger charge is 2.26. The van der Waals surface area contributed by atoms with E-state index in [0.29, 0.717) is 36.3 Å². The van der Waals surface area contributed by atoms with Gasteiger partial charge >= 0.3 is 0 Å². The summed E-state index contributed by atoms with van der Waals surface area (Å²) in [5, 5.41) is 7.85. The van der Waals surface area contributed by atoms with E-state index in [1.165, 1.54) is 13.3 Å². The third kappa shape index (κ3) is 4.14. The maximum Gasteiger partial charge on any atom is 0.255 e. The molecule has 2 aromatic heterocycles. The first-order valence-electron chi connectivity index (χ1n) is 8.03. The van der Waals surface area contributed by atoms with Crippen molar-refractivity contribution in [2.24, 2.45) is 0 Å². The van der Waals surface area contributed by atoms with Gasteiger partial charge in [0.15, 0.2) is 0 Å². The third-order valence-electron chi connectivity index (χ3n) is 3.97. The predicted molar refractivity (Wildman–Crippen MR) is 88.9 cm³/mol. The Hall–Kier alpha value is -2.90. The lowest BCUT2D eigenvalue weighted by Gasteiger charge is -2.32. The zero-order chi connectivity index (χ0) is 17.6. The minimum atomic E-state index is -0.119. The van der Waals surface area contributed by atoms with Crippen LogP contribution in [-0.4, -0.2) is 59.4 Å². The Morgan fingerprint density at radius 2 is 1.80 bits per heavy atom. The number of rotatable bonds is 5. The molecule has 8 heteroatoms. The van der Waals surface area contributed by atoms with E-state index in [2.05, 4.69) is 15.2 Å². The van der Waals surface area contributed by atoms with Crippen molar-refractivity contribution >= 4 is 5.91 Å². The van der Waals surface area contributed by atoms with Crippen LogP contribution in [0.5, 0.6) is 17.6 Å². The fourth-order valence-corrected chi connectivity index (χ4v) is 2.68. The molecule has 1 aliphatic rings. The highest BCUT2D eigenvalue weighted by molar-refractivity contribution is 5.94. The molecule has 1 amide bonds. The Labute approximate surface area is 145 Å². The summed E-state index contributed by atoms with van der Waals surface area (Å²) in [6.07, 6.45) is 3.13. The Bertz CT molecular complexity index is 706. The van der Waals surface area contributed by atoms with Crippen molar-refractivity contribution in [1.82, 2.24) is 20.1 Å². The molecule has 1 unspecified atom stereocenters. The van der Waals surface area contributed by atoms with E-state index in [-0.39, 0.29) is 12.0 Å². The number of amides is 1. The Morgan fingerprint density at radius 3 is 2.44 bits per heavy atom. The molecular weight excluding hydrogens is 324 g/mol. The van der Waals surface area contributed by atoms with Crippen LogP contribution >= 0.6 is 0 Å². The Balaban J connectivity index is 1.62. The molecule has 3 rings (SSSR count). The van der Waals surface area contributed by atoms with E-state index in [4.69, 9.17) is 14.2 Å². The number of methoxy groups -OCH3 is 2. The molecule has 8 nitrogen and oxygen atoms in total. The average molecular weight is 344 g/mol. The van der Waals surface area contributed by atoms with Gasteiger partial charge in [0.05, 0.1) is 26.3 Å². The predicted octanol–water partition coefficient (Wildman–Crippen LogP) is 1.57. The van der Waals surface area contributed by atoms with E-state index < -0.39 is 0 Å². The number of piperidine rings is 1. The van der Waals surface area contributed by atoms with Crippen LogP contribution in [0.15, 0.2) is 30.5 Å². The second-order valence-electron chi connectivity index (χ2n) is 5.64. The number of aromatic nitrogens is 3. The average Bonchev–Trinajstić information content (AvgIpc) is 2.68. The summed E-state index contributed by atoms with van der Waals surface area (Å²) in [5.74, 6) is 1.27. The van der Waals surface area contributed by atoms with E-state index in [1.807, 2.05) is 0 Å². The number of ether oxygens (including phenoxy) is 3. The first kappa shape index (κ1) is 16.9. The minimum absolute atomic E-state index is 0.0655. The molecule has 0 aliphatic carbocycles. The van der Waals surface area contributed by atoms with Crippen molar-refractivity contribution in [2.45, 2.75) is 18.9 Å². The van der Waals surface area contributed by atoms with Gasteiger partial charge in [-0.15, -0.1) is 10.2 Å². The van der Waals surface area contributed by atoms with Crippen molar-refractivity contribution in [3.05, 3.63) is 36.0 Å². The summed E-state index contributed by atoms with van der Waals surface area (Å²) in [6, 6.07) is 6.79. The molecule has 132 valence electrons. The van der Waals surface area contributed by atoms with Crippen molar-refractivity contribution in [3.8, 4) is 17.6 Å². The van der Waals surface area contributed by atoms with Crippen LogP contribution in [0.4, 0.5) is 0 Å². The van der Waals surface area contributed by atoms with Crippen LogP contribution in [0.2, 0.25) is 0 Å². The normalized spacial score (nSPS) is 17.0. The molecule has 0 bridgehead atoms. The molecule has 0 N–H and O–H groups in total. The maximum atomic E-state index is 12.6. The van der Waals surface area contributed by atoms with Crippen molar-refractivity contribution in [3.63, 3.8) is 0 Å². The van der Waals surface area contributed by atoms with Crippen molar-refractivity contribution in [2.75, 3.05) is 27.3 Å². The van der Waals surface area contributed by atoms with Crippen molar-refractivity contribution in [1.29, 1.82) is 0 Å². The van der Waals surface area contributed by atoms with Crippen LogP contribution < -0.4 is 14.2 Å². The van der Waals surface area contributed by atoms with E-state index >= 15 is 0 Å². The molecule has 0 saturated carbocycles. The second-order valence-corrected chi connectivity index (χ2v) is 5.64. The number of carbonyl (C=O) groups excluding carboxylic acids is 1. The summed E-state index contributed by atoms with van der Waals surface area (Å²) in [7, 11) is 3.07. The third-order valence-corrected chi connectivity index (χ3v) is 3.97. The molecule has 1 atom stereocenters. The van der Waals surface area contributed by atoms with Gasteiger partial charge in [0.1, 0.15) is 6.10 Å². The first-order chi connectivity index (χ1) is 12.2. The van der Waals surface area contributed by atoms with Gasteiger partial charge in [-0.05, 0) is 18.9 Å². The molecule has 0 aromatic carbocycles. The molecule has 3 heterocycles. The molecule has 0 spiro atoms. The first-order valence-corrected chi connectivity index (χ1v) is 8.03. The number of hydrogen-bond acceptors (Lipinski definition) is 7. The molecule has 2 aromatic rings.